The molecular weight excluding hydrogens is 246 g/mol. The summed E-state index contributed by atoms with van der Waals surface area (Å²) in [6, 6.07) is 6.96. The van der Waals surface area contributed by atoms with Crippen molar-refractivity contribution < 1.29 is 4.79 Å². The number of para-hydroxylation sites is 2. The Morgan fingerprint density at radius 2 is 2.00 bits per heavy atom. The van der Waals surface area contributed by atoms with Gasteiger partial charge in [-0.05, 0) is 12.1 Å². The zero-order valence-electron chi connectivity index (χ0n) is 10.2. The number of benzene rings is 1. The number of aliphatic imine (C=N–C) groups is 2. The first-order valence-corrected chi connectivity index (χ1v) is 5.66. The molecule has 2 rings (SSSR count). The lowest BCUT2D eigenvalue weighted by Gasteiger charge is -2.16. The third-order valence-electron chi connectivity index (χ3n) is 2.51. The lowest BCUT2D eigenvalue weighted by Crippen LogP contribution is -2.28. The second-order valence-corrected chi connectivity index (χ2v) is 3.88. The van der Waals surface area contributed by atoms with Crippen LogP contribution in [-0.4, -0.2) is 31.0 Å². The summed E-state index contributed by atoms with van der Waals surface area (Å²) in [6.07, 6.45) is 0. The highest BCUT2D eigenvalue weighted by atomic mass is 16.2. The van der Waals surface area contributed by atoms with Crippen LogP contribution in [0.3, 0.4) is 0 Å². The smallest absolute Gasteiger partial charge is 0.322 e. The van der Waals surface area contributed by atoms with Crippen LogP contribution in [0.4, 0.5) is 16.2 Å². The fraction of sp³-hybridized carbons (Fsp3) is 0.182. The maximum absolute atomic E-state index is 11.7. The van der Waals surface area contributed by atoms with Crippen molar-refractivity contribution in [2.75, 3.05) is 18.0 Å². The van der Waals surface area contributed by atoms with Crippen molar-refractivity contribution in [3.05, 3.63) is 24.3 Å². The van der Waals surface area contributed by atoms with Crippen LogP contribution in [-0.2, 0) is 0 Å². The molecule has 8 nitrogen and oxygen atoms in total. The molecule has 1 aliphatic rings. The van der Waals surface area contributed by atoms with Gasteiger partial charge >= 0.3 is 6.03 Å². The van der Waals surface area contributed by atoms with Crippen LogP contribution in [0.25, 0.3) is 0 Å². The van der Waals surface area contributed by atoms with Gasteiger partial charge in [0.2, 0.25) is 5.96 Å². The highest BCUT2D eigenvalue weighted by Gasteiger charge is 2.23. The molecule has 1 saturated heterocycles. The molecule has 19 heavy (non-hydrogen) atoms. The van der Waals surface area contributed by atoms with Crippen molar-refractivity contribution in [1.29, 1.82) is 0 Å². The summed E-state index contributed by atoms with van der Waals surface area (Å²) in [7, 11) is 0. The second-order valence-electron chi connectivity index (χ2n) is 3.88. The van der Waals surface area contributed by atoms with E-state index in [-0.39, 0.29) is 18.0 Å². The van der Waals surface area contributed by atoms with Crippen LogP contribution >= 0.6 is 0 Å². The van der Waals surface area contributed by atoms with E-state index in [0.29, 0.717) is 24.5 Å². The third-order valence-corrected chi connectivity index (χ3v) is 2.51. The molecule has 0 bridgehead atoms. The second kappa shape index (κ2) is 5.25. The van der Waals surface area contributed by atoms with Crippen LogP contribution in [0.1, 0.15) is 0 Å². The van der Waals surface area contributed by atoms with Gasteiger partial charge in [-0.1, -0.05) is 12.1 Å². The minimum absolute atomic E-state index is 0.0629. The molecule has 0 spiro atoms. The largest absolute Gasteiger partial charge is 0.370 e. The summed E-state index contributed by atoms with van der Waals surface area (Å²) in [5, 5.41) is 2.72. The highest BCUT2D eigenvalue weighted by Crippen LogP contribution is 2.29. The van der Waals surface area contributed by atoms with Gasteiger partial charge in [0.1, 0.15) is 0 Å². The van der Waals surface area contributed by atoms with E-state index in [1.54, 1.807) is 23.1 Å². The first-order chi connectivity index (χ1) is 9.08. The van der Waals surface area contributed by atoms with Crippen LogP contribution in [0.2, 0.25) is 0 Å². The normalized spacial score (nSPS) is 15.3. The summed E-state index contributed by atoms with van der Waals surface area (Å²) in [6.45, 7) is 1.17. The fourth-order valence-corrected chi connectivity index (χ4v) is 1.77. The van der Waals surface area contributed by atoms with E-state index in [9.17, 15) is 4.79 Å². The fourth-order valence-electron chi connectivity index (χ4n) is 1.77. The number of rotatable bonds is 2. The van der Waals surface area contributed by atoms with Gasteiger partial charge in [0.15, 0.2) is 5.96 Å². The minimum atomic E-state index is -0.169. The van der Waals surface area contributed by atoms with E-state index in [2.05, 4.69) is 15.3 Å². The molecule has 1 aliphatic heterocycles. The molecule has 7 N–H and O–H groups in total. The van der Waals surface area contributed by atoms with Crippen molar-refractivity contribution in [1.82, 2.24) is 5.32 Å². The number of nitrogens with two attached hydrogens (primary N) is 3. The lowest BCUT2D eigenvalue weighted by molar-refractivity contribution is 0.252. The maximum Gasteiger partial charge on any atom is 0.322 e. The first-order valence-electron chi connectivity index (χ1n) is 5.66. The van der Waals surface area contributed by atoms with Gasteiger partial charge in [-0.25, -0.2) is 9.79 Å². The molecular formula is C11H15N7O. The summed E-state index contributed by atoms with van der Waals surface area (Å²) in [4.78, 5) is 21.0. The van der Waals surface area contributed by atoms with Gasteiger partial charge in [-0.15, -0.1) is 0 Å². The van der Waals surface area contributed by atoms with Crippen molar-refractivity contribution in [3.63, 3.8) is 0 Å². The molecule has 100 valence electrons. The number of carbonyl (C=O) groups is 1. The van der Waals surface area contributed by atoms with Crippen molar-refractivity contribution in [3.8, 4) is 0 Å². The van der Waals surface area contributed by atoms with Crippen LogP contribution in [0, 0.1) is 0 Å². The first kappa shape index (κ1) is 12.7. The molecule has 1 fully saturated rings. The topological polar surface area (TPSA) is 135 Å². The monoisotopic (exact) mass is 261 g/mol. The van der Waals surface area contributed by atoms with Gasteiger partial charge in [-0.2, -0.15) is 4.99 Å². The van der Waals surface area contributed by atoms with Crippen LogP contribution in [0.5, 0.6) is 0 Å². The summed E-state index contributed by atoms with van der Waals surface area (Å²) >= 11 is 0. The molecule has 0 radical (unpaired) electrons. The molecule has 1 heterocycles. The Morgan fingerprint density at radius 3 is 2.63 bits per heavy atom. The predicted molar refractivity (Wildman–Crippen MR) is 74.3 cm³/mol. The number of urea groups is 1. The van der Waals surface area contributed by atoms with Crippen molar-refractivity contribution in [2.24, 2.45) is 27.2 Å². The predicted octanol–water partition coefficient (Wildman–Crippen LogP) is -0.564. The van der Waals surface area contributed by atoms with E-state index in [4.69, 9.17) is 17.2 Å². The maximum atomic E-state index is 11.7. The molecule has 1 aromatic carbocycles. The lowest BCUT2D eigenvalue weighted by atomic mass is 10.2. The number of anilines is 1. The van der Waals surface area contributed by atoms with Gasteiger partial charge in [0.25, 0.3) is 0 Å². The SMILES string of the molecule is NC(N)=NC(N)=Nc1ccccc1N1CCNC1=O. The Hall–Kier alpha value is -2.77. The number of guanidine groups is 2. The van der Waals surface area contributed by atoms with Gasteiger partial charge in [0, 0.05) is 13.1 Å². The van der Waals surface area contributed by atoms with E-state index in [1.807, 2.05) is 6.07 Å². The van der Waals surface area contributed by atoms with Crippen LogP contribution < -0.4 is 27.4 Å². The van der Waals surface area contributed by atoms with E-state index in [1.165, 1.54) is 0 Å². The summed E-state index contributed by atoms with van der Waals surface area (Å²) < 4.78 is 0. The molecule has 1 aromatic rings. The Bertz CT molecular complexity index is 548. The molecule has 0 atom stereocenters. The van der Waals surface area contributed by atoms with E-state index in [0.717, 1.165) is 0 Å². The van der Waals surface area contributed by atoms with Crippen molar-refractivity contribution >= 4 is 29.3 Å². The standard InChI is InChI=1S/C11H15N7O/c12-9(13)17-10(14)16-7-3-1-2-4-8(7)18-6-5-15-11(18)19/h1-4H,5-6H2,(H,15,19)(H6,12,13,14,16,17). The van der Waals surface area contributed by atoms with E-state index >= 15 is 0 Å². The average Bonchev–Trinajstić information content (AvgIpc) is 2.75. The van der Waals surface area contributed by atoms with Gasteiger partial charge in [-0.3, -0.25) is 4.90 Å². The van der Waals surface area contributed by atoms with Gasteiger partial charge in [0.05, 0.1) is 11.4 Å². The van der Waals surface area contributed by atoms with Gasteiger partial charge < -0.3 is 22.5 Å². The molecule has 0 aliphatic carbocycles. The molecule has 8 heteroatoms. The van der Waals surface area contributed by atoms with E-state index < -0.39 is 0 Å². The summed E-state index contributed by atoms with van der Waals surface area (Å²) in [5.41, 5.74) is 17.2. The minimum Gasteiger partial charge on any atom is -0.370 e. The van der Waals surface area contributed by atoms with Crippen molar-refractivity contribution in [2.45, 2.75) is 0 Å². The quantitative estimate of drug-likeness (QED) is 0.419. The Labute approximate surface area is 110 Å². The average molecular weight is 261 g/mol. The number of nitrogens with one attached hydrogen (secondary N) is 1. The third kappa shape index (κ3) is 2.92. The zero-order valence-corrected chi connectivity index (χ0v) is 10.2. The summed E-state index contributed by atoms with van der Waals surface area (Å²) in [5.74, 6) is -0.232. The molecule has 0 saturated carbocycles. The highest BCUT2D eigenvalue weighted by molar-refractivity contribution is 5.99. The van der Waals surface area contributed by atoms with Crippen LogP contribution in [0.15, 0.2) is 34.3 Å². The molecule has 0 aromatic heterocycles. The zero-order chi connectivity index (χ0) is 13.8. The Balaban J connectivity index is 2.36. The number of amides is 2. The molecule has 2 amide bonds. The molecule has 0 unspecified atom stereocenters. The number of hydrogen-bond acceptors (Lipinski definition) is 2. The number of nitrogens with zero attached hydrogens (tertiary/aromatic N) is 3. The number of hydrogen-bond donors (Lipinski definition) is 4. The Morgan fingerprint density at radius 1 is 1.26 bits per heavy atom. The number of carbonyl (C=O) groups excluding carboxylic acids is 1. The Kier molecular flexibility index (Phi) is 3.51.